The summed E-state index contributed by atoms with van der Waals surface area (Å²) in [6.45, 7) is 3.54. The zero-order valence-electron chi connectivity index (χ0n) is 13.6. The molecular formula is C17H21N5O2. The standard InChI is InChI=1S/C17H21N5O2/c18-12-14-4-1-6-19-17(14)21-9-3-8-20(10-11-21)16(24)13-22-7-2-5-15(22)23/h1,4,6H,2-3,5,7-11,13H2. The first-order valence-corrected chi connectivity index (χ1v) is 8.34. The normalized spacial score (nSPS) is 18.5. The van der Waals surface area contributed by atoms with Crippen LogP contribution in [0.4, 0.5) is 5.82 Å². The molecule has 0 radical (unpaired) electrons. The smallest absolute Gasteiger partial charge is 0.242 e. The van der Waals surface area contributed by atoms with Gasteiger partial charge in [0.15, 0.2) is 0 Å². The van der Waals surface area contributed by atoms with Crippen LogP contribution < -0.4 is 4.90 Å². The topological polar surface area (TPSA) is 80.5 Å². The van der Waals surface area contributed by atoms with Crippen molar-refractivity contribution in [1.82, 2.24) is 14.8 Å². The minimum Gasteiger partial charge on any atom is -0.354 e. The van der Waals surface area contributed by atoms with Gasteiger partial charge in [0, 0.05) is 45.3 Å². The molecule has 2 saturated heterocycles. The number of amides is 2. The maximum absolute atomic E-state index is 12.5. The van der Waals surface area contributed by atoms with Gasteiger partial charge in [-0.3, -0.25) is 9.59 Å². The molecule has 0 aromatic carbocycles. The lowest BCUT2D eigenvalue weighted by Crippen LogP contribution is -2.42. The van der Waals surface area contributed by atoms with Crippen LogP contribution in [0, 0.1) is 11.3 Å². The molecule has 7 nitrogen and oxygen atoms in total. The van der Waals surface area contributed by atoms with Gasteiger partial charge in [0.2, 0.25) is 11.8 Å². The van der Waals surface area contributed by atoms with E-state index >= 15 is 0 Å². The molecule has 3 rings (SSSR count). The minimum absolute atomic E-state index is 0.00799. The second-order valence-electron chi connectivity index (χ2n) is 6.13. The van der Waals surface area contributed by atoms with Crippen molar-refractivity contribution in [2.75, 3.05) is 44.2 Å². The highest BCUT2D eigenvalue weighted by Crippen LogP contribution is 2.18. The van der Waals surface area contributed by atoms with Crippen LogP contribution in [-0.4, -0.2) is 65.9 Å². The molecule has 2 amide bonds. The number of nitrogens with zero attached hydrogens (tertiary/aromatic N) is 5. The molecule has 0 bridgehead atoms. The van der Waals surface area contributed by atoms with Crippen molar-refractivity contribution in [1.29, 1.82) is 5.26 Å². The first-order chi connectivity index (χ1) is 11.7. The van der Waals surface area contributed by atoms with Crippen LogP contribution in [0.2, 0.25) is 0 Å². The summed E-state index contributed by atoms with van der Waals surface area (Å²) in [5, 5.41) is 9.23. The summed E-state index contributed by atoms with van der Waals surface area (Å²) in [5.74, 6) is 0.768. The van der Waals surface area contributed by atoms with E-state index in [2.05, 4.69) is 16.0 Å². The average Bonchev–Trinajstić information content (AvgIpc) is 2.87. The molecule has 0 N–H and O–H groups in total. The van der Waals surface area contributed by atoms with E-state index < -0.39 is 0 Å². The Balaban J connectivity index is 1.61. The monoisotopic (exact) mass is 327 g/mol. The summed E-state index contributed by atoms with van der Waals surface area (Å²) in [6.07, 6.45) is 3.90. The van der Waals surface area contributed by atoms with Gasteiger partial charge in [-0.2, -0.15) is 5.26 Å². The van der Waals surface area contributed by atoms with Gasteiger partial charge in [0.05, 0.1) is 12.1 Å². The van der Waals surface area contributed by atoms with Crippen molar-refractivity contribution in [3.63, 3.8) is 0 Å². The third-order valence-electron chi connectivity index (χ3n) is 4.55. The minimum atomic E-state index is 0.00799. The fourth-order valence-electron chi connectivity index (χ4n) is 3.25. The van der Waals surface area contributed by atoms with Gasteiger partial charge in [-0.25, -0.2) is 4.98 Å². The van der Waals surface area contributed by atoms with Gasteiger partial charge < -0.3 is 14.7 Å². The number of pyridine rings is 1. The van der Waals surface area contributed by atoms with E-state index in [1.165, 1.54) is 0 Å². The molecule has 0 unspecified atom stereocenters. The molecule has 0 saturated carbocycles. The number of anilines is 1. The van der Waals surface area contributed by atoms with Crippen LogP contribution in [0.1, 0.15) is 24.8 Å². The van der Waals surface area contributed by atoms with Gasteiger partial charge in [0.25, 0.3) is 0 Å². The van der Waals surface area contributed by atoms with E-state index in [9.17, 15) is 14.9 Å². The van der Waals surface area contributed by atoms with Crippen LogP contribution in [0.25, 0.3) is 0 Å². The third-order valence-corrected chi connectivity index (χ3v) is 4.55. The van der Waals surface area contributed by atoms with Gasteiger partial charge in [-0.15, -0.1) is 0 Å². The van der Waals surface area contributed by atoms with Crippen LogP contribution in [-0.2, 0) is 9.59 Å². The third kappa shape index (κ3) is 3.48. The summed E-state index contributed by atoms with van der Waals surface area (Å²) in [6, 6.07) is 5.68. The summed E-state index contributed by atoms with van der Waals surface area (Å²) in [4.78, 5) is 34.0. The molecular weight excluding hydrogens is 306 g/mol. The Bertz CT molecular complexity index is 669. The second-order valence-corrected chi connectivity index (χ2v) is 6.13. The second kappa shape index (κ2) is 7.30. The molecule has 0 spiro atoms. The van der Waals surface area contributed by atoms with Crippen LogP contribution in [0.15, 0.2) is 18.3 Å². The molecule has 1 aromatic heterocycles. The van der Waals surface area contributed by atoms with Crippen LogP contribution in [0.3, 0.4) is 0 Å². The van der Waals surface area contributed by atoms with Gasteiger partial charge in [-0.1, -0.05) is 0 Å². The number of aromatic nitrogens is 1. The molecule has 126 valence electrons. The van der Waals surface area contributed by atoms with Crippen LogP contribution in [0.5, 0.6) is 0 Å². The van der Waals surface area contributed by atoms with Gasteiger partial charge >= 0.3 is 0 Å². The fourth-order valence-corrected chi connectivity index (χ4v) is 3.25. The van der Waals surface area contributed by atoms with E-state index in [1.54, 1.807) is 23.2 Å². The highest BCUT2D eigenvalue weighted by Gasteiger charge is 2.26. The molecule has 1 aromatic rings. The molecule has 3 heterocycles. The Morgan fingerprint density at radius 2 is 2.08 bits per heavy atom. The Labute approximate surface area is 141 Å². The van der Waals surface area contributed by atoms with E-state index in [0.717, 1.165) is 19.4 Å². The predicted molar refractivity (Wildman–Crippen MR) is 88.2 cm³/mol. The Morgan fingerprint density at radius 3 is 2.83 bits per heavy atom. The first-order valence-electron chi connectivity index (χ1n) is 8.34. The summed E-state index contributed by atoms with van der Waals surface area (Å²) >= 11 is 0. The summed E-state index contributed by atoms with van der Waals surface area (Å²) < 4.78 is 0. The van der Waals surface area contributed by atoms with Crippen molar-refractivity contribution in [2.45, 2.75) is 19.3 Å². The van der Waals surface area contributed by atoms with Crippen molar-refractivity contribution in [2.24, 2.45) is 0 Å². The van der Waals surface area contributed by atoms with Crippen molar-refractivity contribution in [3.05, 3.63) is 23.9 Å². The lowest BCUT2D eigenvalue weighted by molar-refractivity contribution is -0.138. The van der Waals surface area contributed by atoms with Crippen molar-refractivity contribution in [3.8, 4) is 6.07 Å². The summed E-state index contributed by atoms with van der Waals surface area (Å²) in [7, 11) is 0. The lowest BCUT2D eigenvalue weighted by atomic mass is 10.2. The first kappa shape index (κ1) is 16.2. The zero-order chi connectivity index (χ0) is 16.9. The molecule has 2 fully saturated rings. The molecule has 24 heavy (non-hydrogen) atoms. The number of likely N-dealkylation sites (tertiary alicyclic amines) is 1. The SMILES string of the molecule is N#Cc1cccnc1N1CCCN(C(=O)CN2CCCC2=O)CC1. The molecule has 7 heteroatoms. The Morgan fingerprint density at radius 1 is 1.21 bits per heavy atom. The quantitative estimate of drug-likeness (QED) is 0.813. The van der Waals surface area contributed by atoms with E-state index in [0.29, 0.717) is 44.0 Å². The highest BCUT2D eigenvalue weighted by molar-refractivity contribution is 5.86. The van der Waals surface area contributed by atoms with Gasteiger partial charge in [-0.05, 0) is 25.0 Å². The summed E-state index contributed by atoms with van der Waals surface area (Å²) in [5.41, 5.74) is 0.555. The largest absolute Gasteiger partial charge is 0.354 e. The molecule has 0 aliphatic carbocycles. The van der Waals surface area contributed by atoms with Crippen LogP contribution >= 0.6 is 0 Å². The number of rotatable bonds is 3. The fraction of sp³-hybridized carbons (Fsp3) is 0.529. The maximum atomic E-state index is 12.5. The van der Waals surface area contributed by atoms with E-state index in [4.69, 9.17) is 0 Å². The number of carbonyl (C=O) groups is 2. The lowest BCUT2D eigenvalue weighted by Gasteiger charge is -2.25. The van der Waals surface area contributed by atoms with Gasteiger partial charge in [0.1, 0.15) is 11.9 Å². The number of nitriles is 1. The highest BCUT2D eigenvalue weighted by atomic mass is 16.2. The van der Waals surface area contributed by atoms with Crippen molar-refractivity contribution >= 4 is 17.6 Å². The predicted octanol–water partition coefficient (Wildman–Crippen LogP) is 0.614. The molecule has 2 aliphatic heterocycles. The average molecular weight is 327 g/mol. The Hall–Kier alpha value is -2.62. The Kier molecular flexibility index (Phi) is 4.94. The van der Waals surface area contributed by atoms with E-state index in [-0.39, 0.29) is 18.4 Å². The van der Waals surface area contributed by atoms with E-state index in [1.807, 2.05) is 4.90 Å². The van der Waals surface area contributed by atoms with Crippen molar-refractivity contribution < 1.29 is 9.59 Å². The number of hydrogen-bond acceptors (Lipinski definition) is 5. The zero-order valence-corrected chi connectivity index (χ0v) is 13.6. The molecule has 2 aliphatic rings. The molecule has 0 atom stereocenters. The number of hydrogen-bond donors (Lipinski definition) is 0. The number of carbonyl (C=O) groups excluding carboxylic acids is 2. The maximum Gasteiger partial charge on any atom is 0.242 e.